The summed E-state index contributed by atoms with van der Waals surface area (Å²) in [5.41, 5.74) is 1.48. The smallest absolute Gasteiger partial charge is 0.0274 e. The summed E-state index contributed by atoms with van der Waals surface area (Å²) in [4.78, 5) is 0. The number of hydrogen-bond donors (Lipinski definition) is 0. The number of rotatable bonds is 4. The van der Waals surface area contributed by atoms with Crippen molar-refractivity contribution in [1.82, 2.24) is 4.57 Å². The van der Waals surface area contributed by atoms with Crippen molar-refractivity contribution < 1.29 is 0 Å². The third-order valence-corrected chi connectivity index (χ3v) is 2.62. The van der Waals surface area contributed by atoms with Crippen LogP contribution in [-0.4, -0.2) is 4.57 Å². The van der Waals surface area contributed by atoms with Crippen LogP contribution in [0.4, 0.5) is 0 Å². The summed E-state index contributed by atoms with van der Waals surface area (Å²) in [5, 5.41) is 0. The van der Waals surface area contributed by atoms with E-state index in [2.05, 4.69) is 50.7 Å². The van der Waals surface area contributed by atoms with E-state index in [-0.39, 0.29) is 0 Å². The van der Waals surface area contributed by atoms with Crippen LogP contribution in [0.1, 0.15) is 58.1 Å². The zero-order valence-corrected chi connectivity index (χ0v) is 9.25. The van der Waals surface area contributed by atoms with Crippen molar-refractivity contribution in [3.63, 3.8) is 0 Å². The van der Waals surface area contributed by atoms with Crippen molar-refractivity contribution in [2.24, 2.45) is 0 Å². The first-order valence-corrected chi connectivity index (χ1v) is 5.32. The molecule has 0 amide bonds. The highest BCUT2D eigenvalue weighted by atomic mass is 15.0. The van der Waals surface area contributed by atoms with Crippen LogP contribution in [0.5, 0.6) is 0 Å². The first kappa shape index (κ1) is 10.4. The van der Waals surface area contributed by atoms with Crippen molar-refractivity contribution in [3.05, 3.63) is 24.0 Å². The van der Waals surface area contributed by atoms with Crippen LogP contribution in [0.2, 0.25) is 0 Å². The highest BCUT2D eigenvalue weighted by Crippen LogP contribution is 2.21. The van der Waals surface area contributed by atoms with Gasteiger partial charge in [-0.3, -0.25) is 0 Å². The first-order valence-electron chi connectivity index (χ1n) is 5.32. The van der Waals surface area contributed by atoms with Crippen LogP contribution in [-0.2, 0) is 0 Å². The Labute approximate surface area is 81.8 Å². The lowest BCUT2D eigenvalue weighted by molar-refractivity contribution is 0.596. The van der Waals surface area contributed by atoms with Gasteiger partial charge in [-0.2, -0.15) is 0 Å². The van der Waals surface area contributed by atoms with Gasteiger partial charge in [0.15, 0.2) is 0 Å². The molecule has 0 saturated heterocycles. The van der Waals surface area contributed by atoms with E-state index in [1.807, 2.05) is 0 Å². The van der Waals surface area contributed by atoms with Crippen LogP contribution < -0.4 is 0 Å². The molecule has 1 heteroatoms. The second-order valence-corrected chi connectivity index (χ2v) is 4.18. The molecule has 0 aliphatic heterocycles. The maximum atomic E-state index is 2.31. The third-order valence-electron chi connectivity index (χ3n) is 2.62. The zero-order valence-electron chi connectivity index (χ0n) is 9.25. The summed E-state index contributed by atoms with van der Waals surface area (Å²) in [7, 11) is 0. The highest BCUT2D eigenvalue weighted by molar-refractivity contribution is 5.15. The Morgan fingerprint density at radius 3 is 2.46 bits per heavy atom. The van der Waals surface area contributed by atoms with Crippen molar-refractivity contribution in [3.8, 4) is 0 Å². The van der Waals surface area contributed by atoms with E-state index in [1.54, 1.807) is 0 Å². The average Bonchev–Trinajstić information content (AvgIpc) is 2.52. The minimum absolute atomic E-state index is 0.586. The predicted molar refractivity (Wildman–Crippen MR) is 58.1 cm³/mol. The fraction of sp³-hybridized carbons (Fsp3) is 0.667. The van der Waals surface area contributed by atoms with Crippen LogP contribution in [0, 0.1) is 0 Å². The molecule has 74 valence electrons. The summed E-state index contributed by atoms with van der Waals surface area (Å²) in [5.74, 6) is 0.713. The maximum absolute atomic E-state index is 2.31. The van der Waals surface area contributed by atoms with Crippen LogP contribution in [0.3, 0.4) is 0 Å². The van der Waals surface area contributed by atoms with Gasteiger partial charge in [0.2, 0.25) is 0 Å². The van der Waals surface area contributed by atoms with E-state index in [0.29, 0.717) is 12.0 Å². The second kappa shape index (κ2) is 4.50. The molecule has 0 aromatic carbocycles. The third kappa shape index (κ3) is 2.61. The summed E-state index contributed by atoms with van der Waals surface area (Å²) in [6, 6.07) is 2.84. The Balaban J connectivity index is 2.67. The number of hydrogen-bond acceptors (Lipinski definition) is 0. The zero-order chi connectivity index (χ0) is 9.84. The van der Waals surface area contributed by atoms with Gasteiger partial charge in [-0.05, 0) is 37.8 Å². The van der Waals surface area contributed by atoms with E-state index in [9.17, 15) is 0 Å². The Morgan fingerprint density at radius 2 is 2.00 bits per heavy atom. The summed E-state index contributed by atoms with van der Waals surface area (Å²) >= 11 is 0. The minimum Gasteiger partial charge on any atom is -0.352 e. The van der Waals surface area contributed by atoms with Gasteiger partial charge in [0.05, 0.1) is 0 Å². The van der Waals surface area contributed by atoms with Gasteiger partial charge < -0.3 is 4.57 Å². The molecule has 0 bridgehead atoms. The Kier molecular flexibility index (Phi) is 3.58. The van der Waals surface area contributed by atoms with E-state index in [0.717, 1.165) is 0 Å². The standard InChI is InChI=1S/C12H21N/c1-5-6-11(4)12-7-8-13(9-12)10(2)3/h7-11H,5-6H2,1-4H3. The molecular formula is C12H21N. The van der Waals surface area contributed by atoms with Gasteiger partial charge in [-0.25, -0.2) is 0 Å². The van der Waals surface area contributed by atoms with Gasteiger partial charge in [0.25, 0.3) is 0 Å². The average molecular weight is 179 g/mol. The number of aromatic nitrogens is 1. The van der Waals surface area contributed by atoms with E-state index in [1.165, 1.54) is 18.4 Å². The van der Waals surface area contributed by atoms with Crippen molar-refractivity contribution in [2.75, 3.05) is 0 Å². The van der Waals surface area contributed by atoms with Crippen molar-refractivity contribution in [1.29, 1.82) is 0 Å². The topological polar surface area (TPSA) is 4.93 Å². The van der Waals surface area contributed by atoms with E-state index < -0.39 is 0 Å². The van der Waals surface area contributed by atoms with Gasteiger partial charge >= 0.3 is 0 Å². The second-order valence-electron chi connectivity index (χ2n) is 4.18. The van der Waals surface area contributed by atoms with Crippen LogP contribution in [0.25, 0.3) is 0 Å². The molecule has 1 heterocycles. The summed E-state index contributed by atoms with van der Waals surface area (Å²) in [6.07, 6.45) is 7.04. The van der Waals surface area contributed by atoms with Crippen LogP contribution >= 0.6 is 0 Å². The molecule has 1 aromatic heterocycles. The van der Waals surface area contributed by atoms with Crippen LogP contribution in [0.15, 0.2) is 18.5 Å². The Bertz CT molecular complexity index is 247. The number of nitrogens with zero attached hydrogens (tertiary/aromatic N) is 1. The molecule has 0 fully saturated rings. The fourth-order valence-corrected chi connectivity index (χ4v) is 1.64. The Morgan fingerprint density at radius 1 is 1.31 bits per heavy atom. The SMILES string of the molecule is CCCC(C)c1ccn(C(C)C)c1. The molecule has 0 N–H and O–H groups in total. The van der Waals surface area contributed by atoms with Gasteiger partial charge in [-0.15, -0.1) is 0 Å². The van der Waals surface area contributed by atoms with E-state index in [4.69, 9.17) is 0 Å². The molecule has 0 radical (unpaired) electrons. The Hall–Kier alpha value is -0.720. The summed E-state index contributed by atoms with van der Waals surface area (Å²) < 4.78 is 2.28. The lowest BCUT2D eigenvalue weighted by Gasteiger charge is -2.08. The molecule has 1 atom stereocenters. The molecule has 0 saturated carbocycles. The predicted octanol–water partition coefficient (Wildman–Crippen LogP) is 3.97. The molecule has 0 aliphatic rings. The largest absolute Gasteiger partial charge is 0.352 e. The first-order chi connectivity index (χ1) is 6.15. The van der Waals surface area contributed by atoms with Gasteiger partial charge in [0, 0.05) is 18.4 Å². The molecule has 13 heavy (non-hydrogen) atoms. The molecule has 0 aliphatic carbocycles. The fourth-order valence-electron chi connectivity index (χ4n) is 1.64. The quantitative estimate of drug-likeness (QED) is 0.659. The van der Waals surface area contributed by atoms with E-state index >= 15 is 0 Å². The molecule has 1 rings (SSSR count). The minimum atomic E-state index is 0.586. The monoisotopic (exact) mass is 179 g/mol. The molecule has 0 spiro atoms. The van der Waals surface area contributed by atoms with Crippen molar-refractivity contribution in [2.45, 2.75) is 52.5 Å². The van der Waals surface area contributed by atoms with Crippen molar-refractivity contribution >= 4 is 0 Å². The van der Waals surface area contributed by atoms with Gasteiger partial charge in [-0.1, -0.05) is 20.3 Å². The lowest BCUT2D eigenvalue weighted by Crippen LogP contribution is -1.97. The maximum Gasteiger partial charge on any atom is 0.0274 e. The highest BCUT2D eigenvalue weighted by Gasteiger charge is 2.06. The molecule has 1 aromatic rings. The molecule has 1 unspecified atom stereocenters. The normalized spacial score (nSPS) is 13.6. The summed E-state index contributed by atoms with van der Waals surface area (Å²) in [6.45, 7) is 8.99. The molecular weight excluding hydrogens is 158 g/mol. The lowest BCUT2D eigenvalue weighted by atomic mass is 10.00. The van der Waals surface area contributed by atoms with Gasteiger partial charge in [0.1, 0.15) is 0 Å². The molecule has 1 nitrogen and oxygen atoms in total.